The number of aromatic nitrogens is 2. The van der Waals surface area contributed by atoms with Gasteiger partial charge in [0.15, 0.2) is 24.0 Å². The molecule has 1 heterocycles. The van der Waals surface area contributed by atoms with Gasteiger partial charge in [-0.15, -0.1) is 0 Å². The van der Waals surface area contributed by atoms with Crippen molar-refractivity contribution in [1.29, 1.82) is 0 Å². The largest absolute Gasteiger partial charge is 0.379 e. The molecule has 3 N–H and O–H groups in total. The van der Waals surface area contributed by atoms with Crippen LogP contribution in [0.3, 0.4) is 0 Å². The predicted octanol–water partition coefficient (Wildman–Crippen LogP) is 0.871. The minimum atomic E-state index is -1.04. The molecular formula is C20H21F2N4O3+. The molecule has 7 nitrogen and oxygen atoms in total. The molecule has 9 heteroatoms. The summed E-state index contributed by atoms with van der Waals surface area (Å²) in [7, 11) is 1.55. The van der Waals surface area contributed by atoms with E-state index >= 15 is 0 Å². The number of quaternary nitrogens is 1. The second kappa shape index (κ2) is 9.35. The number of halogens is 2. The summed E-state index contributed by atoms with van der Waals surface area (Å²) in [5, 5.41) is 3.04. The van der Waals surface area contributed by atoms with Gasteiger partial charge in [0.2, 0.25) is 0 Å². The van der Waals surface area contributed by atoms with E-state index in [-0.39, 0.29) is 30.2 Å². The average Bonchev–Trinajstić information content (AvgIpc) is 2.69. The lowest BCUT2D eigenvalue weighted by Crippen LogP contribution is -3.12. The van der Waals surface area contributed by atoms with Gasteiger partial charge >= 0.3 is 0 Å². The van der Waals surface area contributed by atoms with Crippen LogP contribution in [-0.2, 0) is 16.1 Å². The van der Waals surface area contributed by atoms with E-state index in [1.54, 1.807) is 31.4 Å². The highest BCUT2D eigenvalue weighted by Crippen LogP contribution is 2.12. The quantitative estimate of drug-likeness (QED) is 0.521. The molecule has 3 rings (SSSR count). The van der Waals surface area contributed by atoms with Crippen molar-refractivity contribution in [3.63, 3.8) is 0 Å². The van der Waals surface area contributed by atoms with E-state index in [1.807, 2.05) is 0 Å². The molecule has 1 unspecified atom stereocenters. The maximum atomic E-state index is 13.3. The smallest absolute Gasteiger partial charge is 0.279 e. The lowest BCUT2D eigenvalue weighted by Gasteiger charge is -2.18. The summed E-state index contributed by atoms with van der Waals surface area (Å²) >= 11 is 0. The lowest BCUT2D eigenvalue weighted by atomic mass is 10.2. The molecule has 0 spiro atoms. The number of amides is 1. The third-order valence-corrected chi connectivity index (χ3v) is 4.35. The lowest BCUT2D eigenvalue weighted by molar-refractivity contribution is -0.906. The summed E-state index contributed by atoms with van der Waals surface area (Å²) in [6.45, 7) is 1.19. The number of ether oxygens (including phenoxy) is 1. The van der Waals surface area contributed by atoms with E-state index in [9.17, 15) is 18.4 Å². The monoisotopic (exact) mass is 403 g/mol. The molecule has 1 amide bonds. The highest BCUT2D eigenvalue weighted by atomic mass is 19.2. The number of rotatable bonds is 8. The molecular weight excluding hydrogens is 382 g/mol. The maximum Gasteiger partial charge on any atom is 0.279 e. The van der Waals surface area contributed by atoms with Crippen LogP contribution in [-0.4, -0.2) is 42.7 Å². The Hall–Kier alpha value is -3.17. The maximum absolute atomic E-state index is 13.3. The van der Waals surface area contributed by atoms with Gasteiger partial charge in [-0.05, 0) is 24.3 Å². The Morgan fingerprint density at radius 2 is 2.00 bits per heavy atom. The van der Waals surface area contributed by atoms with E-state index in [2.05, 4.69) is 15.3 Å². The van der Waals surface area contributed by atoms with Crippen LogP contribution in [0.25, 0.3) is 10.9 Å². The fourth-order valence-electron chi connectivity index (χ4n) is 2.95. The average molecular weight is 403 g/mol. The van der Waals surface area contributed by atoms with Gasteiger partial charge in [-0.3, -0.25) is 9.59 Å². The van der Waals surface area contributed by atoms with Crippen LogP contribution in [0.4, 0.5) is 14.5 Å². The molecule has 29 heavy (non-hydrogen) atoms. The first-order valence-electron chi connectivity index (χ1n) is 9.01. The predicted molar refractivity (Wildman–Crippen MR) is 104 cm³/mol. The molecule has 0 radical (unpaired) electrons. The number of benzene rings is 2. The van der Waals surface area contributed by atoms with E-state index in [4.69, 9.17) is 4.74 Å². The molecule has 1 aromatic heterocycles. The molecule has 1 atom stereocenters. The van der Waals surface area contributed by atoms with Gasteiger partial charge in [0.25, 0.3) is 11.5 Å². The topological polar surface area (TPSA) is 88.5 Å². The number of hydrogen-bond acceptors (Lipinski definition) is 4. The molecule has 0 bridgehead atoms. The van der Waals surface area contributed by atoms with Crippen LogP contribution < -0.4 is 15.8 Å². The van der Waals surface area contributed by atoms with Gasteiger partial charge in [-0.1, -0.05) is 12.1 Å². The van der Waals surface area contributed by atoms with Crippen molar-refractivity contribution in [2.24, 2.45) is 0 Å². The Morgan fingerprint density at radius 1 is 1.21 bits per heavy atom. The van der Waals surface area contributed by atoms with Crippen LogP contribution in [0.1, 0.15) is 5.82 Å². The molecule has 0 aliphatic rings. The summed E-state index contributed by atoms with van der Waals surface area (Å²) in [6, 6.07) is 10.2. The number of nitrogens with one attached hydrogen (secondary N) is 3. The van der Waals surface area contributed by atoms with E-state index in [1.165, 1.54) is 6.07 Å². The molecule has 152 valence electrons. The molecule has 2 aromatic carbocycles. The summed E-state index contributed by atoms with van der Waals surface area (Å²) in [5.74, 6) is -1.96. The molecule has 0 aliphatic carbocycles. The molecule has 0 fully saturated rings. The molecule has 0 saturated carbocycles. The number of aromatic amines is 1. The molecule has 3 aromatic rings. The number of para-hydroxylation sites is 1. The third kappa shape index (κ3) is 5.43. The highest BCUT2D eigenvalue weighted by molar-refractivity contribution is 5.91. The zero-order valence-corrected chi connectivity index (χ0v) is 15.8. The van der Waals surface area contributed by atoms with Crippen molar-refractivity contribution in [1.82, 2.24) is 9.97 Å². The normalized spacial score (nSPS) is 12.1. The van der Waals surface area contributed by atoms with E-state index in [0.29, 0.717) is 29.9 Å². The van der Waals surface area contributed by atoms with Crippen molar-refractivity contribution in [3.8, 4) is 0 Å². The highest BCUT2D eigenvalue weighted by Gasteiger charge is 2.17. The zero-order chi connectivity index (χ0) is 20.8. The Kier molecular flexibility index (Phi) is 6.63. The van der Waals surface area contributed by atoms with Crippen molar-refractivity contribution >= 4 is 22.5 Å². The van der Waals surface area contributed by atoms with Crippen LogP contribution >= 0.6 is 0 Å². The van der Waals surface area contributed by atoms with Gasteiger partial charge < -0.3 is 19.9 Å². The van der Waals surface area contributed by atoms with Gasteiger partial charge in [0.1, 0.15) is 13.1 Å². The fourth-order valence-corrected chi connectivity index (χ4v) is 2.95. The Balaban J connectivity index is 1.73. The number of H-pyrrole nitrogens is 1. The van der Waals surface area contributed by atoms with Crippen LogP contribution in [0.2, 0.25) is 0 Å². The number of carbonyl (C=O) groups excluding carboxylic acids is 1. The minimum Gasteiger partial charge on any atom is -0.379 e. The van der Waals surface area contributed by atoms with Crippen molar-refractivity contribution in [2.75, 3.05) is 32.1 Å². The first-order chi connectivity index (χ1) is 14.0. The number of anilines is 1. The Morgan fingerprint density at radius 3 is 2.76 bits per heavy atom. The number of nitrogens with zero attached hydrogens (tertiary/aromatic N) is 1. The van der Waals surface area contributed by atoms with Crippen LogP contribution in [0, 0.1) is 11.6 Å². The number of methoxy groups -OCH3 is 1. The zero-order valence-electron chi connectivity index (χ0n) is 15.8. The number of carbonyl (C=O) groups is 1. The van der Waals surface area contributed by atoms with Crippen LogP contribution in [0.5, 0.6) is 0 Å². The van der Waals surface area contributed by atoms with Crippen LogP contribution in [0.15, 0.2) is 47.3 Å². The van der Waals surface area contributed by atoms with Crippen molar-refractivity contribution in [3.05, 3.63) is 70.3 Å². The number of fused-ring (bicyclic) bond motifs is 1. The summed E-state index contributed by atoms with van der Waals surface area (Å²) in [4.78, 5) is 32.6. The van der Waals surface area contributed by atoms with Gasteiger partial charge in [0.05, 0.1) is 17.5 Å². The summed E-state index contributed by atoms with van der Waals surface area (Å²) in [5.41, 5.74) is 0.490. The fraction of sp³-hybridized carbons (Fsp3) is 0.250. The summed E-state index contributed by atoms with van der Waals surface area (Å²) in [6.07, 6.45) is 0. The number of hydrogen-bond donors (Lipinski definition) is 3. The van der Waals surface area contributed by atoms with Crippen molar-refractivity contribution in [2.45, 2.75) is 6.54 Å². The standard InChI is InChI=1S/C20H20F2N4O3/c1-29-9-8-26(12-19(27)23-13-6-7-15(21)16(22)10-13)11-18-24-17-5-3-2-4-14(17)20(28)25-18/h2-7,10H,8-9,11-12H2,1H3,(H,23,27)(H,24,25,28)/p+1. The van der Waals surface area contributed by atoms with E-state index < -0.39 is 11.6 Å². The second-order valence-electron chi connectivity index (χ2n) is 6.55. The second-order valence-corrected chi connectivity index (χ2v) is 6.55. The molecule has 0 aliphatic heterocycles. The Labute approximate surface area is 165 Å². The van der Waals surface area contributed by atoms with E-state index in [0.717, 1.165) is 17.0 Å². The minimum absolute atomic E-state index is 0.0267. The summed E-state index contributed by atoms with van der Waals surface area (Å²) < 4.78 is 31.4. The first-order valence-corrected chi connectivity index (χ1v) is 9.01. The molecule has 0 saturated heterocycles. The SMILES string of the molecule is COCC[NH+](CC(=O)Nc1ccc(F)c(F)c1)Cc1nc2ccccc2c(=O)[nH]1. The first kappa shape index (κ1) is 20.6. The third-order valence-electron chi connectivity index (χ3n) is 4.35. The van der Waals surface area contributed by atoms with Gasteiger partial charge in [-0.25, -0.2) is 13.8 Å². The Bertz CT molecular complexity index is 1070. The van der Waals surface area contributed by atoms with Gasteiger partial charge in [-0.2, -0.15) is 0 Å². The van der Waals surface area contributed by atoms with Crippen molar-refractivity contribution < 1.29 is 23.2 Å². The van der Waals surface area contributed by atoms with Gasteiger partial charge in [0, 0.05) is 18.9 Å².